The Hall–Kier alpha value is -0.930. The highest BCUT2D eigenvalue weighted by Gasteiger charge is 2.25. The van der Waals surface area contributed by atoms with Crippen molar-refractivity contribution in [2.24, 2.45) is 10.9 Å². The van der Waals surface area contributed by atoms with Gasteiger partial charge in [0, 0.05) is 45.3 Å². The van der Waals surface area contributed by atoms with Gasteiger partial charge in [-0.3, -0.25) is 4.99 Å². The van der Waals surface area contributed by atoms with Crippen LogP contribution in [-0.2, 0) is 13.1 Å². The van der Waals surface area contributed by atoms with Crippen molar-refractivity contribution in [3.8, 4) is 0 Å². The lowest BCUT2D eigenvalue weighted by molar-refractivity contribution is 0.255. The maximum absolute atomic E-state index is 14.0. The second-order valence-corrected chi connectivity index (χ2v) is 7.65. The molecule has 7 heteroatoms. The number of nitrogens with zero attached hydrogens (tertiary/aromatic N) is 4. The summed E-state index contributed by atoms with van der Waals surface area (Å²) in [7, 11) is 5.74. The van der Waals surface area contributed by atoms with Crippen LogP contribution in [0.25, 0.3) is 0 Å². The van der Waals surface area contributed by atoms with E-state index in [1.165, 1.54) is 6.42 Å². The van der Waals surface area contributed by atoms with Crippen molar-refractivity contribution in [1.29, 1.82) is 0 Å². The SMILES string of the molecule is CCN(CC)CC1CCN(C(=NC)NCc2ccc(F)c(CN(C)C)c2)C1.I. The highest BCUT2D eigenvalue weighted by Crippen LogP contribution is 2.18. The number of guanidine groups is 1. The summed E-state index contributed by atoms with van der Waals surface area (Å²) in [6.45, 7) is 11.2. The molecule has 1 unspecified atom stereocenters. The van der Waals surface area contributed by atoms with E-state index in [2.05, 4.69) is 34.0 Å². The van der Waals surface area contributed by atoms with Crippen molar-refractivity contribution in [2.75, 3.05) is 53.9 Å². The summed E-state index contributed by atoms with van der Waals surface area (Å²) < 4.78 is 14.0. The lowest BCUT2D eigenvalue weighted by Crippen LogP contribution is -2.40. The third kappa shape index (κ3) is 7.48. The van der Waals surface area contributed by atoms with Crippen LogP contribution in [0.2, 0.25) is 0 Å². The normalized spacial score (nSPS) is 17.4. The van der Waals surface area contributed by atoms with E-state index in [0.29, 0.717) is 19.0 Å². The molecule has 5 nitrogen and oxygen atoms in total. The molecule has 160 valence electrons. The van der Waals surface area contributed by atoms with Gasteiger partial charge in [0.15, 0.2) is 5.96 Å². The topological polar surface area (TPSA) is 34.1 Å². The summed E-state index contributed by atoms with van der Waals surface area (Å²) in [5.74, 6) is 1.49. The van der Waals surface area contributed by atoms with Crippen LogP contribution in [0.1, 0.15) is 31.4 Å². The summed E-state index contributed by atoms with van der Waals surface area (Å²) in [6.07, 6.45) is 1.21. The van der Waals surface area contributed by atoms with Crippen molar-refractivity contribution in [2.45, 2.75) is 33.4 Å². The zero-order valence-corrected chi connectivity index (χ0v) is 20.4. The first-order chi connectivity index (χ1) is 13.0. The van der Waals surface area contributed by atoms with Crippen LogP contribution in [0, 0.1) is 11.7 Å². The molecule has 1 N–H and O–H groups in total. The molecule has 0 radical (unpaired) electrons. The lowest BCUT2D eigenvalue weighted by atomic mass is 10.1. The Balaban J connectivity index is 0.00000392. The zero-order chi connectivity index (χ0) is 19.8. The quantitative estimate of drug-likeness (QED) is 0.334. The van der Waals surface area contributed by atoms with Crippen molar-refractivity contribution in [1.82, 2.24) is 20.0 Å². The second kappa shape index (κ2) is 12.6. The van der Waals surface area contributed by atoms with Crippen LogP contribution in [-0.4, -0.2) is 74.5 Å². The first-order valence-electron chi connectivity index (χ1n) is 10.1. The molecule has 1 heterocycles. The molecule has 1 aliphatic rings. The lowest BCUT2D eigenvalue weighted by Gasteiger charge is -2.24. The highest BCUT2D eigenvalue weighted by molar-refractivity contribution is 14.0. The first kappa shape index (κ1) is 25.1. The fourth-order valence-electron chi connectivity index (χ4n) is 3.73. The minimum absolute atomic E-state index is 0. The van der Waals surface area contributed by atoms with Crippen LogP contribution in [0.3, 0.4) is 0 Å². The third-order valence-corrected chi connectivity index (χ3v) is 5.26. The van der Waals surface area contributed by atoms with Gasteiger partial charge in [0.05, 0.1) is 0 Å². The van der Waals surface area contributed by atoms with Gasteiger partial charge >= 0.3 is 0 Å². The Bertz CT molecular complexity index is 619. The predicted molar refractivity (Wildman–Crippen MR) is 127 cm³/mol. The highest BCUT2D eigenvalue weighted by atomic mass is 127. The number of nitrogens with one attached hydrogen (secondary N) is 1. The van der Waals surface area contributed by atoms with Crippen LogP contribution in [0.5, 0.6) is 0 Å². The van der Waals surface area contributed by atoms with Gasteiger partial charge in [0.25, 0.3) is 0 Å². The summed E-state index contributed by atoms with van der Waals surface area (Å²) in [5, 5.41) is 3.46. The third-order valence-electron chi connectivity index (χ3n) is 5.26. The Morgan fingerprint density at radius 2 is 2.00 bits per heavy atom. The van der Waals surface area contributed by atoms with Gasteiger partial charge in [-0.2, -0.15) is 0 Å². The number of hydrogen-bond donors (Lipinski definition) is 1. The number of rotatable bonds is 8. The van der Waals surface area contributed by atoms with Crippen LogP contribution >= 0.6 is 24.0 Å². The molecular weight excluding hydrogens is 468 g/mol. The standard InChI is InChI=1S/C21H36FN5.HI/c1-6-26(7-2)14-18-10-11-27(15-18)21(23-3)24-13-17-8-9-20(22)19(12-17)16-25(4)5;/h8-9,12,18H,6-7,10-11,13-16H2,1-5H3,(H,23,24);1H. The maximum Gasteiger partial charge on any atom is 0.193 e. The Morgan fingerprint density at radius 3 is 2.61 bits per heavy atom. The molecule has 28 heavy (non-hydrogen) atoms. The number of benzene rings is 1. The Labute approximate surface area is 187 Å². The van der Waals surface area contributed by atoms with Gasteiger partial charge in [-0.25, -0.2) is 4.39 Å². The van der Waals surface area contributed by atoms with Gasteiger partial charge in [-0.1, -0.05) is 19.9 Å². The number of aliphatic imine (C=N–C) groups is 1. The average Bonchev–Trinajstić information content (AvgIpc) is 3.10. The summed E-state index contributed by atoms with van der Waals surface area (Å²) in [6, 6.07) is 5.36. The molecule has 0 spiro atoms. The van der Waals surface area contributed by atoms with E-state index in [1.54, 1.807) is 6.07 Å². The smallest absolute Gasteiger partial charge is 0.193 e. The van der Waals surface area contributed by atoms with Gasteiger partial charge in [-0.05, 0) is 57.2 Å². The van der Waals surface area contributed by atoms with E-state index < -0.39 is 0 Å². The monoisotopic (exact) mass is 505 g/mol. The van der Waals surface area contributed by atoms with E-state index in [9.17, 15) is 4.39 Å². The maximum atomic E-state index is 14.0. The molecule has 0 amide bonds. The first-order valence-corrected chi connectivity index (χ1v) is 10.1. The molecule has 0 bridgehead atoms. The molecule has 0 aliphatic carbocycles. The van der Waals surface area contributed by atoms with E-state index in [-0.39, 0.29) is 29.8 Å². The molecule has 0 saturated carbocycles. The minimum Gasteiger partial charge on any atom is -0.352 e. The van der Waals surface area contributed by atoms with Crippen molar-refractivity contribution in [3.05, 3.63) is 35.1 Å². The van der Waals surface area contributed by atoms with E-state index in [0.717, 1.165) is 49.8 Å². The summed E-state index contributed by atoms with van der Waals surface area (Å²) in [4.78, 5) is 11.3. The van der Waals surface area contributed by atoms with Crippen molar-refractivity contribution in [3.63, 3.8) is 0 Å². The van der Waals surface area contributed by atoms with E-state index in [1.807, 2.05) is 38.2 Å². The summed E-state index contributed by atoms with van der Waals surface area (Å²) in [5.41, 5.74) is 1.81. The Kier molecular flexibility index (Phi) is 11.3. The second-order valence-electron chi connectivity index (χ2n) is 7.65. The molecule has 1 atom stereocenters. The molecule has 1 fully saturated rings. The van der Waals surface area contributed by atoms with E-state index in [4.69, 9.17) is 0 Å². The van der Waals surface area contributed by atoms with Gasteiger partial charge in [-0.15, -0.1) is 24.0 Å². The molecule has 2 rings (SSSR count). The average molecular weight is 505 g/mol. The molecule has 1 saturated heterocycles. The van der Waals surface area contributed by atoms with Gasteiger partial charge < -0.3 is 20.0 Å². The zero-order valence-electron chi connectivity index (χ0n) is 18.0. The molecule has 0 aromatic heterocycles. The van der Waals surface area contributed by atoms with E-state index >= 15 is 0 Å². The number of halogens is 2. The largest absolute Gasteiger partial charge is 0.352 e. The number of hydrogen-bond acceptors (Lipinski definition) is 3. The van der Waals surface area contributed by atoms with Crippen LogP contribution < -0.4 is 5.32 Å². The number of likely N-dealkylation sites (tertiary alicyclic amines) is 1. The van der Waals surface area contributed by atoms with Gasteiger partial charge in [0.1, 0.15) is 5.82 Å². The fraction of sp³-hybridized carbons (Fsp3) is 0.667. The molecule has 1 aromatic carbocycles. The van der Waals surface area contributed by atoms with Crippen LogP contribution in [0.4, 0.5) is 4.39 Å². The Morgan fingerprint density at radius 1 is 1.29 bits per heavy atom. The minimum atomic E-state index is -0.143. The molecular formula is C21H37FIN5. The molecule has 1 aromatic rings. The summed E-state index contributed by atoms with van der Waals surface area (Å²) >= 11 is 0. The fourth-order valence-corrected chi connectivity index (χ4v) is 3.73. The predicted octanol–water partition coefficient (Wildman–Crippen LogP) is 3.24. The molecule has 1 aliphatic heterocycles. The van der Waals surface area contributed by atoms with Crippen molar-refractivity contribution >= 4 is 29.9 Å². The van der Waals surface area contributed by atoms with Gasteiger partial charge in [0.2, 0.25) is 0 Å². The van der Waals surface area contributed by atoms with Crippen molar-refractivity contribution < 1.29 is 4.39 Å². The van der Waals surface area contributed by atoms with Crippen LogP contribution in [0.15, 0.2) is 23.2 Å².